The van der Waals surface area contributed by atoms with E-state index in [1.54, 1.807) is 6.07 Å². The topological polar surface area (TPSA) is 90.0 Å². The Balaban J connectivity index is 1.61. The Bertz CT molecular complexity index is 1240. The van der Waals surface area contributed by atoms with Crippen LogP contribution in [-0.2, 0) is 11.3 Å². The minimum Gasteiger partial charge on any atom is -0.338 e. The molecule has 4 rings (SSSR count). The van der Waals surface area contributed by atoms with E-state index >= 15 is 0 Å². The summed E-state index contributed by atoms with van der Waals surface area (Å²) in [4.78, 5) is 31.4. The molecule has 7 nitrogen and oxygen atoms in total. The fraction of sp³-hybridized carbons (Fsp3) is 0.238. The predicted molar refractivity (Wildman–Crippen MR) is 113 cm³/mol. The van der Waals surface area contributed by atoms with E-state index in [0.717, 1.165) is 21.7 Å². The lowest BCUT2D eigenvalue weighted by atomic mass is 10.1. The third-order valence-electron chi connectivity index (χ3n) is 4.65. The number of carbonyl (C=O) groups is 1. The first-order valence-electron chi connectivity index (χ1n) is 9.24. The third kappa shape index (κ3) is 3.71. The van der Waals surface area contributed by atoms with Crippen LogP contribution in [0.4, 0.5) is 5.88 Å². The highest BCUT2D eigenvalue weighted by Crippen LogP contribution is 2.35. The first kappa shape index (κ1) is 19.1. The first-order valence-corrected chi connectivity index (χ1v) is 10.1. The van der Waals surface area contributed by atoms with Crippen molar-refractivity contribution in [1.29, 1.82) is 0 Å². The van der Waals surface area contributed by atoms with E-state index in [1.807, 2.05) is 51.1 Å². The van der Waals surface area contributed by atoms with Crippen molar-refractivity contribution in [2.75, 3.05) is 5.32 Å². The SMILES string of the molecule is Cc1c(-c2ccccc2)sc2ncn(CC(=O)Nc3cc(C(C)C)no3)c(=O)c12. The zero-order valence-corrected chi connectivity index (χ0v) is 17.1. The van der Waals surface area contributed by atoms with Crippen molar-refractivity contribution in [3.8, 4) is 10.4 Å². The molecule has 0 atom stereocenters. The van der Waals surface area contributed by atoms with Gasteiger partial charge in [0.15, 0.2) is 0 Å². The molecule has 0 unspecified atom stereocenters. The van der Waals surface area contributed by atoms with Gasteiger partial charge < -0.3 is 4.52 Å². The molecule has 8 heteroatoms. The van der Waals surface area contributed by atoms with Crippen molar-refractivity contribution in [1.82, 2.24) is 14.7 Å². The molecule has 3 heterocycles. The van der Waals surface area contributed by atoms with Crippen LogP contribution in [0.1, 0.15) is 31.0 Å². The van der Waals surface area contributed by atoms with Gasteiger partial charge in [0, 0.05) is 10.9 Å². The molecule has 0 spiro atoms. The first-order chi connectivity index (χ1) is 13.9. The van der Waals surface area contributed by atoms with Crippen LogP contribution in [0.3, 0.4) is 0 Å². The Kier molecular flexibility index (Phi) is 5.02. The van der Waals surface area contributed by atoms with E-state index in [9.17, 15) is 9.59 Å². The second kappa shape index (κ2) is 7.63. The Hall–Kier alpha value is -3.26. The second-order valence-electron chi connectivity index (χ2n) is 7.10. The van der Waals surface area contributed by atoms with E-state index < -0.39 is 0 Å². The summed E-state index contributed by atoms with van der Waals surface area (Å²) in [5, 5.41) is 7.09. The van der Waals surface area contributed by atoms with E-state index in [4.69, 9.17) is 4.52 Å². The Morgan fingerprint density at radius 3 is 2.72 bits per heavy atom. The molecule has 0 aliphatic heterocycles. The quantitative estimate of drug-likeness (QED) is 0.535. The molecule has 0 bridgehead atoms. The molecule has 148 valence electrons. The summed E-state index contributed by atoms with van der Waals surface area (Å²) < 4.78 is 6.43. The van der Waals surface area contributed by atoms with Gasteiger partial charge >= 0.3 is 0 Å². The van der Waals surface area contributed by atoms with E-state index in [1.165, 1.54) is 22.2 Å². The molecule has 29 heavy (non-hydrogen) atoms. The van der Waals surface area contributed by atoms with Gasteiger partial charge in [-0.3, -0.25) is 19.5 Å². The number of rotatable bonds is 5. The molecule has 0 aliphatic carbocycles. The molecule has 0 fully saturated rings. The van der Waals surface area contributed by atoms with Crippen LogP contribution in [0.25, 0.3) is 20.7 Å². The average Bonchev–Trinajstić information content (AvgIpc) is 3.30. The van der Waals surface area contributed by atoms with Crippen molar-refractivity contribution in [2.45, 2.75) is 33.2 Å². The predicted octanol–water partition coefficient (Wildman–Crippen LogP) is 4.18. The van der Waals surface area contributed by atoms with Crippen LogP contribution in [0, 0.1) is 6.92 Å². The highest BCUT2D eigenvalue weighted by Gasteiger charge is 2.17. The molecule has 1 aromatic carbocycles. The van der Waals surface area contributed by atoms with Crippen LogP contribution < -0.4 is 10.9 Å². The minimum atomic E-state index is -0.379. The molecule has 3 aromatic heterocycles. The molecule has 1 N–H and O–H groups in total. The average molecular weight is 408 g/mol. The smallest absolute Gasteiger partial charge is 0.262 e. The number of hydrogen-bond donors (Lipinski definition) is 1. The molecule has 1 amide bonds. The number of carbonyl (C=O) groups excluding carboxylic acids is 1. The summed E-state index contributed by atoms with van der Waals surface area (Å²) in [7, 11) is 0. The lowest BCUT2D eigenvalue weighted by Crippen LogP contribution is -2.27. The normalized spacial score (nSPS) is 11.3. The monoisotopic (exact) mass is 408 g/mol. The number of anilines is 1. The Morgan fingerprint density at radius 1 is 1.28 bits per heavy atom. The van der Waals surface area contributed by atoms with Gasteiger partial charge in [-0.1, -0.05) is 49.3 Å². The summed E-state index contributed by atoms with van der Waals surface area (Å²) in [6.07, 6.45) is 1.41. The number of aromatic nitrogens is 3. The molecule has 0 saturated heterocycles. The van der Waals surface area contributed by atoms with Crippen molar-refractivity contribution in [2.24, 2.45) is 0 Å². The van der Waals surface area contributed by atoms with Gasteiger partial charge in [-0.15, -0.1) is 11.3 Å². The second-order valence-corrected chi connectivity index (χ2v) is 8.10. The van der Waals surface area contributed by atoms with Crippen LogP contribution in [0.5, 0.6) is 0 Å². The Labute approximate surface area is 171 Å². The lowest BCUT2D eigenvalue weighted by Gasteiger charge is -2.05. The Morgan fingerprint density at radius 2 is 2.03 bits per heavy atom. The number of fused-ring (bicyclic) bond motifs is 1. The van der Waals surface area contributed by atoms with Crippen molar-refractivity contribution < 1.29 is 9.32 Å². The fourth-order valence-electron chi connectivity index (χ4n) is 3.09. The summed E-state index contributed by atoms with van der Waals surface area (Å²) in [5.41, 5.74) is 2.44. The van der Waals surface area contributed by atoms with Gasteiger partial charge in [0.05, 0.1) is 17.4 Å². The highest BCUT2D eigenvalue weighted by molar-refractivity contribution is 7.22. The minimum absolute atomic E-state index is 0.157. The maximum absolute atomic E-state index is 13.0. The van der Waals surface area contributed by atoms with Gasteiger partial charge in [-0.25, -0.2) is 4.98 Å². The van der Waals surface area contributed by atoms with Gasteiger partial charge in [-0.05, 0) is 24.0 Å². The zero-order chi connectivity index (χ0) is 20.5. The van der Waals surface area contributed by atoms with Gasteiger partial charge in [-0.2, -0.15) is 0 Å². The molecular formula is C21H20N4O3S. The van der Waals surface area contributed by atoms with Gasteiger partial charge in [0.1, 0.15) is 11.4 Å². The molecule has 0 radical (unpaired) electrons. The number of thiophene rings is 1. The van der Waals surface area contributed by atoms with E-state index in [2.05, 4.69) is 15.5 Å². The van der Waals surface area contributed by atoms with Crippen molar-refractivity contribution in [3.63, 3.8) is 0 Å². The van der Waals surface area contributed by atoms with E-state index in [-0.39, 0.29) is 29.8 Å². The van der Waals surface area contributed by atoms with Crippen LogP contribution in [0.2, 0.25) is 0 Å². The standard InChI is InChI=1S/C21H20N4O3S/c1-12(2)15-9-17(28-24-15)23-16(26)10-25-11-22-20-18(21(25)27)13(3)19(29-20)14-7-5-4-6-8-14/h4-9,11-12H,10H2,1-3H3,(H,23,26). The third-order valence-corrected chi connectivity index (χ3v) is 5.90. The number of aryl methyl sites for hydroxylation is 1. The van der Waals surface area contributed by atoms with Gasteiger partial charge in [0.25, 0.3) is 5.56 Å². The summed E-state index contributed by atoms with van der Waals surface area (Å²) >= 11 is 1.48. The van der Waals surface area contributed by atoms with Crippen LogP contribution >= 0.6 is 11.3 Å². The molecule has 4 aromatic rings. The van der Waals surface area contributed by atoms with E-state index in [0.29, 0.717) is 10.2 Å². The van der Waals surface area contributed by atoms with Crippen molar-refractivity contribution >= 4 is 33.3 Å². The maximum Gasteiger partial charge on any atom is 0.262 e. The largest absolute Gasteiger partial charge is 0.338 e. The number of nitrogens with zero attached hydrogens (tertiary/aromatic N) is 3. The van der Waals surface area contributed by atoms with Crippen molar-refractivity contribution in [3.05, 3.63) is 64.3 Å². The summed E-state index contributed by atoms with van der Waals surface area (Å²) in [5.74, 6) is 0.0775. The number of benzene rings is 1. The highest BCUT2D eigenvalue weighted by atomic mass is 32.1. The number of hydrogen-bond acceptors (Lipinski definition) is 6. The number of nitrogens with one attached hydrogen (secondary N) is 1. The molecular weight excluding hydrogens is 388 g/mol. The molecule has 0 saturated carbocycles. The molecule has 0 aliphatic rings. The van der Waals surface area contributed by atoms with Crippen LogP contribution in [-0.4, -0.2) is 20.6 Å². The lowest BCUT2D eigenvalue weighted by molar-refractivity contribution is -0.116. The zero-order valence-electron chi connectivity index (χ0n) is 16.3. The van der Waals surface area contributed by atoms with Crippen LogP contribution in [0.15, 0.2) is 52.0 Å². The van der Waals surface area contributed by atoms with Gasteiger partial charge in [0.2, 0.25) is 11.8 Å². The fourth-order valence-corrected chi connectivity index (χ4v) is 4.23. The summed E-state index contributed by atoms with van der Waals surface area (Å²) in [6.45, 7) is 5.72. The maximum atomic E-state index is 13.0. The number of amides is 1. The summed E-state index contributed by atoms with van der Waals surface area (Å²) in [6, 6.07) is 11.6.